The Labute approximate surface area is 124 Å². The first kappa shape index (κ1) is 15.3. The molecular weight excluding hydrogens is 269 g/mol. The van der Waals surface area contributed by atoms with Gasteiger partial charge in [-0.2, -0.15) is 0 Å². The Morgan fingerprint density at radius 1 is 1.00 bits per heavy atom. The second-order valence-corrected chi connectivity index (χ2v) is 4.88. The average molecular weight is 289 g/mol. The Bertz CT molecular complexity index is 562. The zero-order valence-corrected chi connectivity index (χ0v) is 12.5. The molecule has 0 aliphatic heterocycles. The molecule has 0 amide bonds. The normalized spacial score (nSPS) is 12.0. The van der Waals surface area contributed by atoms with Gasteiger partial charge in [-0.3, -0.25) is 0 Å². The van der Waals surface area contributed by atoms with E-state index in [1.165, 1.54) is 12.1 Å². The fraction of sp³-hybridized carbons (Fsp3) is 0.294. The molecule has 0 saturated heterocycles. The lowest BCUT2D eigenvalue weighted by Crippen LogP contribution is -2.18. The van der Waals surface area contributed by atoms with Crippen LogP contribution in [0.15, 0.2) is 42.5 Å². The van der Waals surface area contributed by atoms with Crippen molar-refractivity contribution in [3.05, 3.63) is 59.4 Å². The van der Waals surface area contributed by atoms with E-state index in [-0.39, 0.29) is 11.9 Å². The predicted octanol–water partition coefficient (Wildman–Crippen LogP) is 3.69. The van der Waals surface area contributed by atoms with E-state index in [4.69, 9.17) is 9.47 Å². The number of nitrogens with one attached hydrogen (secondary N) is 1. The van der Waals surface area contributed by atoms with Gasteiger partial charge in [0.25, 0.3) is 0 Å². The van der Waals surface area contributed by atoms with Crippen molar-refractivity contribution in [1.29, 1.82) is 0 Å². The highest BCUT2D eigenvalue weighted by Crippen LogP contribution is 2.23. The Morgan fingerprint density at radius 3 is 2.10 bits per heavy atom. The summed E-state index contributed by atoms with van der Waals surface area (Å²) in [5.41, 5.74) is 2.12. The molecule has 0 spiro atoms. The molecule has 1 N–H and O–H groups in total. The molecule has 112 valence electrons. The van der Waals surface area contributed by atoms with Crippen LogP contribution < -0.4 is 14.8 Å². The highest BCUT2D eigenvalue weighted by molar-refractivity contribution is 5.38. The largest absolute Gasteiger partial charge is 0.497 e. The van der Waals surface area contributed by atoms with E-state index in [9.17, 15) is 4.39 Å². The highest BCUT2D eigenvalue weighted by Gasteiger charge is 2.07. The monoisotopic (exact) mass is 289 g/mol. The van der Waals surface area contributed by atoms with Crippen LogP contribution in [-0.4, -0.2) is 14.2 Å². The molecule has 0 unspecified atom stereocenters. The van der Waals surface area contributed by atoms with Crippen molar-refractivity contribution in [2.75, 3.05) is 14.2 Å². The van der Waals surface area contributed by atoms with Crippen LogP contribution in [0.5, 0.6) is 11.5 Å². The summed E-state index contributed by atoms with van der Waals surface area (Å²) in [5.74, 6) is 1.31. The highest BCUT2D eigenvalue weighted by atomic mass is 19.1. The third-order valence-electron chi connectivity index (χ3n) is 3.39. The first-order chi connectivity index (χ1) is 10.1. The maximum Gasteiger partial charge on any atom is 0.123 e. The topological polar surface area (TPSA) is 30.5 Å². The van der Waals surface area contributed by atoms with Crippen LogP contribution in [0, 0.1) is 5.82 Å². The number of hydrogen-bond donors (Lipinski definition) is 1. The van der Waals surface area contributed by atoms with Crippen molar-refractivity contribution in [3.63, 3.8) is 0 Å². The van der Waals surface area contributed by atoms with Gasteiger partial charge in [0.2, 0.25) is 0 Å². The molecule has 0 aliphatic rings. The van der Waals surface area contributed by atoms with Gasteiger partial charge in [0.15, 0.2) is 0 Å². The van der Waals surface area contributed by atoms with Gasteiger partial charge in [0, 0.05) is 18.7 Å². The molecule has 0 bridgehead atoms. The number of benzene rings is 2. The van der Waals surface area contributed by atoms with Gasteiger partial charge in [-0.05, 0) is 42.3 Å². The maximum absolute atomic E-state index is 12.9. The van der Waals surface area contributed by atoms with Crippen LogP contribution in [0.25, 0.3) is 0 Å². The SMILES string of the molecule is COc1cc(CN[C@H](C)c2ccc(F)cc2)cc(OC)c1. The summed E-state index contributed by atoms with van der Waals surface area (Å²) in [6, 6.07) is 12.4. The maximum atomic E-state index is 12.9. The number of methoxy groups -OCH3 is 2. The van der Waals surface area contributed by atoms with Gasteiger partial charge >= 0.3 is 0 Å². The van der Waals surface area contributed by atoms with Crippen molar-refractivity contribution in [1.82, 2.24) is 5.32 Å². The van der Waals surface area contributed by atoms with Crippen LogP contribution >= 0.6 is 0 Å². The molecule has 2 aromatic carbocycles. The lowest BCUT2D eigenvalue weighted by molar-refractivity contribution is 0.392. The Hall–Kier alpha value is -2.07. The fourth-order valence-corrected chi connectivity index (χ4v) is 2.11. The number of hydrogen-bond acceptors (Lipinski definition) is 3. The molecule has 0 aromatic heterocycles. The summed E-state index contributed by atoms with van der Waals surface area (Å²) in [6.07, 6.45) is 0. The van der Waals surface area contributed by atoms with Crippen LogP contribution in [-0.2, 0) is 6.54 Å². The number of ether oxygens (including phenoxy) is 2. The third kappa shape index (κ3) is 4.20. The lowest BCUT2D eigenvalue weighted by Gasteiger charge is -2.15. The number of halogens is 1. The second-order valence-electron chi connectivity index (χ2n) is 4.88. The van der Waals surface area contributed by atoms with Gasteiger partial charge < -0.3 is 14.8 Å². The fourth-order valence-electron chi connectivity index (χ4n) is 2.11. The molecule has 2 aromatic rings. The molecule has 4 heteroatoms. The molecule has 0 fully saturated rings. The summed E-state index contributed by atoms with van der Waals surface area (Å²) in [5, 5.41) is 3.40. The van der Waals surface area contributed by atoms with Gasteiger partial charge in [-0.1, -0.05) is 12.1 Å². The molecule has 21 heavy (non-hydrogen) atoms. The smallest absolute Gasteiger partial charge is 0.123 e. The minimum absolute atomic E-state index is 0.128. The van der Waals surface area contributed by atoms with Crippen molar-refractivity contribution in [2.24, 2.45) is 0 Å². The van der Waals surface area contributed by atoms with Crippen LogP contribution in [0.1, 0.15) is 24.1 Å². The van der Waals surface area contributed by atoms with E-state index in [1.807, 2.05) is 25.1 Å². The van der Waals surface area contributed by atoms with Crippen molar-refractivity contribution in [2.45, 2.75) is 19.5 Å². The quantitative estimate of drug-likeness (QED) is 0.879. The predicted molar refractivity (Wildman–Crippen MR) is 81.2 cm³/mol. The molecule has 0 saturated carbocycles. The van der Waals surface area contributed by atoms with Gasteiger partial charge in [0.1, 0.15) is 17.3 Å². The Kier molecular flexibility index (Phi) is 5.17. The average Bonchev–Trinajstić information content (AvgIpc) is 2.52. The first-order valence-corrected chi connectivity index (χ1v) is 6.83. The Morgan fingerprint density at radius 2 is 1.57 bits per heavy atom. The molecular formula is C17H20FNO2. The summed E-state index contributed by atoms with van der Waals surface area (Å²) in [7, 11) is 3.26. The van der Waals surface area contributed by atoms with Crippen molar-refractivity contribution < 1.29 is 13.9 Å². The van der Waals surface area contributed by atoms with E-state index < -0.39 is 0 Å². The summed E-state index contributed by atoms with van der Waals surface area (Å²) in [6.45, 7) is 2.72. The van der Waals surface area contributed by atoms with Crippen molar-refractivity contribution >= 4 is 0 Å². The van der Waals surface area contributed by atoms with Crippen LogP contribution in [0.4, 0.5) is 4.39 Å². The molecule has 3 nitrogen and oxygen atoms in total. The van der Waals surface area contributed by atoms with Crippen molar-refractivity contribution in [3.8, 4) is 11.5 Å². The van der Waals surface area contributed by atoms with E-state index >= 15 is 0 Å². The zero-order valence-electron chi connectivity index (χ0n) is 12.5. The Balaban J connectivity index is 2.03. The molecule has 0 heterocycles. The second kappa shape index (κ2) is 7.09. The molecule has 1 atom stereocenters. The lowest BCUT2D eigenvalue weighted by atomic mass is 10.1. The van der Waals surface area contributed by atoms with E-state index in [1.54, 1.807) is 26.4 Å². The minimum Gasteiger partial charge on any atom is -0.497 e. The van der Waals surface area contributed by atoms with Crippen LogP contribution in [0.2, 0.25) is 0 Å². The standard InChI is InChI=1S/C17H20FNO2/c1-12(14-4-6-15(18)7-5-14)19-11-13-8-16(20-2)10-17(9-13)21-3/h4-10,12,19H,11H2,1-3H3/t12-/m1/s1. The minimum atomic E-state index is -0.219. The molecule has 2 rings (SSSR count). The van der Waals surface area contributed by atoms with Gasteiger partial charge in [-0.25, -0.2) is 4.39 Å². The first-order valence-electron chi connectivity index (χ1n) is 6.83. The summed E-state index contributed by atoms with van der Waals surface area (Å²) < 4.78 is 23.4. The third-order valence-corrected chi connectivity index (χ3v) is 3.39. The van der Waals surface area contributed by atoms with Crippen LogP contribution in [0.3, 0.4) is 0 Å². The van der Waals surface area contributed by atoms with E-state index in [2.05, 4.69) is 5.32 Å². The van der Waals surface area contributed by atoms with E-state index in [0.29, 0.717) is 6.54 Å². The van der Waals surface area contributed by atoms with Gasteiger partial charge in [0.05, 0.1) is 14.2 Å². The molecule has 0 radical (unpaired) electrons. The van der Waals surface area contributed by atoms with E-state index in [0.717, 1.165) is 22.6 Å². The summed E-state index contributed by atoms with van der Waals surface area (Å²) >= 11 is 0. The number of rotatable bonds is 6. The van der Waals surface area contributed by atoms with Gasteiger partial charge in [-0.15, -0.1) is 0 Å². The molecule has 0 aliphatic carbocycles. The zero-order chi connectivity index (χ0) is 15.2. The summed E-state index contributed by atoms with van der Waals surface area (Å²) in [4.78, 5) is 0.